The van der Waals surface area contributed by atoms with Crippen molar-refractivity contribution in [3.63, 3.8) is 0 Å². The second kappa shape index (κ2) is 6.49. The van der Waals surface area contributed by atoms with Gasteiger partial charge >= 0.3 is 0 Å². The third-order valence-electron chi connectivity index (χ3n) is 3.78. The summed E-state index contributed by atoms with van der Waals surface area (Å²) < 4.78 is 3.26. The number of thioether (sulfide) groups is 1. The fourth-order valence-electron chi connectivity index (χ4n) is 2.66. The predicted octanol–water partition coefficient (Wildman–Crippen LogP) is 4.83. The summed E-state index contributed by atoms with van der Waals surface area (Å²) in [5.74, 6) is 0.876. The number of fused-ring (bicyclic) bond motifs is 1. The normalized spacial score (nSPS) is 14.0. The summed E-state index contributed by atoms with van der Waals surface area (Å²) in [6, 6.07) is 21.0. The SMILES string of the molecule is IC1=C(c2ccccc2)SCc2nnn(Cc3ccccc3)c21. The molecule has 0 unspecified atom stereocenters. The van der Waals surface area contributed by atoms with Crippen LogP contribution in [0.25, 0.3) is 8.48 Å². The fraction of sp³-hybridized carbons (Fsp3) is 0.111. The van der Waals surface area contributed by atoms with Gasteiger partial charge in [0.05, 0.1) is 10.1 Å². The van der Waals surface area contributed by atoms with Crippen LogP contribution in [0.15, 0.2) is 60.7 Å². The number of benzene rings is 2. The Bertz CT molecular complexity index is 856. The lowest BCUT2D eigenvalue weighted by molar-refractivity contribution is 0.644. The average Bonchev–Trinajstić information content (AvgIpc) is 3.01. The first kappa shape index (κ1) is 15.0. The van der Waals surface area contributed by atoms with E-state index in [2.05, 4.69) is 87.5 Å². The molecule has 0 aliphatic carbocycles. The molecule has 0 atom stereocenters. The first-order valence-electron chi connectivity index (χ1n) is 7.37. The van der Waals surface area contributed by atoms with E-state index in [9.17, 15) is 0 Å². The Morgan fingerprint density at radius 2 is 1.70 bits per heavy atom. The van der Waals surface area contributed by atoms with Crippen LogP contribution in [0.2, 0.25) is 0 Å². The molecule has 2 aromatic carbocycles. The van der Waals surface area contributed by atoms with Crippen LogP contribution >= 0.6 is 34.4 Å². The highest BCUT2D eigenvalue weighted by Gasteiger charge is 2.24. The molecule has 0 radical (unpaired) electrons. The van der Waals surface area contributed by atoms with Gasteiger partial charge in [0.25, 0.3) is 0 Å². The van der Waals surface area contributed by atoms with Crippen molar-refractivity contribution in [3.05, 3.63) is 83.2 Å². The van der Waals surface area contributed by atoms with E-state index in [1.807, 2.05) is 22.5 Å². The van der Waals surface area contributed by atoms with Crippen LogP contribution in [0.4, 0.5) is 0 Å². The van der Waals surface area contributed by atoms with E-state index in [-0.39, 0.29) is 0 Å². The van der Waals surface area contributed by atoms with Crippen molar-refractivity contribution in [2.45, 2.75) is 12.3 Å². The van der Waals surface area contributed by atoms with Gasteiger partial charge in [-0.15, -0.1) is 16.9 Å². The third-order valence-corrected chi connectivity index (χ3v) is 6.34. The van der Waals surface area contributed by atoms with Gasteiger partial charge in [0, 0.05) is 10.7 Å². The first-order valence-corrected chi connectivity index (χ1v) is 9.44. The number of hydrogen-bond donors (Lipinski definition) is 0. The number of hydrogen-bond acceptors (Lipinski definition) is 3. The highest BCUT2D eigenvalue weighted by Crippen LogP contribution is 2.45. The van der Waals surface area contributed by atoms with Crippen molar-refractivity contribution in [2.75, 3.05) is 0 Å². The number of aromatic nitrogens is 3. The highest BCUT2D eigenvalue weighted by atomic mass is 127. The van der Waals surface area contributed by atoms with Gasteiger partial charge in [-0.1, -0.05) is 65.9 Å². The van der Waals surface area contributed by atoms with Gasteiger partial charge in [0.1, 0.15) is 11.4 Å². The maximum atomic E-state index is 4.39. The van der Waals surface area contributed by atoms with Gasteiger partial charge in [0.15, 0.2) is 0 Å². The first-order chi connectivity index (χ1) is 11.3. The second-order valence-electron chi connectivity index (χ2n) is 5.33. The topological polar surface area (TPSA) is 30.7 Å². The van der Waals surface area contributed by atoms with E-state index in [4.69, 9.17) is 0 Å². The zero-order valence-corrected chi connectivity index (χ0v) is 15.3. The summed E-state index contributed by atoms with van der Waals surface area (Å²) in [6.45, 7) is 0.752. The Kier molecular flexibility index (Phi) is 4.22. The molecule has 114 valence electrons. The minimum absolute atomic E-state index is 0.752. The van der Waals surface area contributed by atoms with Crippen LogP contribution in [0, 0.1) is 0 Å². The molecule has 0 spiro atoms. The molecule has 0 saturated heterocycles. The van der Waals surface area contributed by atoms with Crippen molar-refractivity contribution in [1.82, 2.24) is 15.0 Å². The van der Waals surface area contributed by atoms with Crippen LogP contribution in [0.3, 0.4) is 0 Å². The number of rotatable bonds is 3. The van der Waals surface area contributed by atoms with Gasteiger partial charge < -0.3 is 0 Å². The van der Waals surface area contributed by atoms with Crippen molar-refractivity contribution >= 4 is 42.8 Å². The van der Waals surface area contributed by atoms with Crippen LogP contribution in [-0.4, -0.2) is 15.0 Å². The zero-order chi connectivity index (χ0) is 15.6. The van der Waals surface area contributed by atoms with Gasteiger partial charge in [-0.25, -0.2) is 4.68 Å². The van der Waals surface area contributed by atoms with E-state index < -0.39 is 0 Å². The minimum atomic E-state index is 0.752. The Morgan fingerprint density at radius 3 is 2.43 bits per heavy atom. The van der Waals surface area contributed by atoms with E-state index in [0.717, 1.165) is 23.7 Å². The molecule has 0 saturated carbocycles. The lowest BCUT2D eigenvalue weighted by Gasteiger charge is -2.17. The zero-order valence-electron chi connectivity index (χ0n) is 12.3. The average molecular weight is 431 g/mol. The third kappa shape index (κ3) is 2.95. The summed E-state index contributed by atoms with van der Waals surface area (Å²) in [5, 5.41) is 8.77. The van der Waals surface area contributed by atoms with Crippen LogP contribution in [0.1, 0.15) is 22.5 Å². The molecule has 0 bridgehead atoms. The minimum Gasteiger partial charge on any atom is -0.239 e. The summed E-state index contributed by atoms with van der Waals surface area (Å²) in [5.41, 5.74) is 4.74. The molecule has 4 rings (SSSR count). The molecule has 5 heteroatoms. The van der Waals surface area contributed by atoms with Gasteiger partial charge in [-0.05, 0) is 33.7 Å². The summed E-state index contributed by atoms with van der Waals surface area (Å²) >= 11 is 4.28. The molecular weight excluding hydrogens is 417 g/mol. The summed E-state index contributed by atoms with van der Waals surface area (Å²) in [4.78, 5) is 1.32. The Hall–Kier alpha value is -1.60. The van der Waals surface area contributed by atoms with E-state index in [1.54, 1.807) is 0 Å². The van der Waals surface area contributed by atoms with Crippen molar-refractivity contribution < 1.29 is 0 Å². The van der Waals surface area contributed by atoms with Gasteiger partial charge in [-0.2, -0.15) is 0 Å². The molecule has 1 aliphatic rings. The number of nitrogens with zero attached hydrogens (tertiary/aromatic N) is 3. The second-order valence-corrected chi connectivity index (χ2v) is 7.39. The molecule has 0 amide bonds. The Labute approximate surface area is 152 Å². The van der Waals surface area contributed by atoms with Crippen LogP contribution in [-0.2, 0) is 12.3 Å². The molecule has 23 heavy (non-hydrogen) atoms. The van der Waals surface area contributed by atoms with Crippen molar-refractivity contribution in [3.8, 4) is 0 Å². The van der Waals surface area contributed by atoms with Gasteiger partial charge in [-0.3, -0.25) is 0 Å². The Balaban J connectivity index is 1.76. The lowest BCUT2D eigenvalue weighted by atomic mass is 10.1. The molecule has 2 heterocycles. The lowest BCUT2D eigenvalue weighted by Crippen LogP contribution is -2.07. The maximum Gasteiger partial charge on any atom is 0.101 e. The predicted molar refractivity (Wildman–Crippen MR) is 104 cm³/mol. The molecule has 3 aromatic rings. The van der Waals surface area contributed by atoms with Crippen molar-refractivity contribution in [1.29, 1.82) is 0 Å². The van der Waals surface area contributed by atoms with E-state index >= 15 is 0 Å². The Morgan fingerprint density at radius 1 is 1.00 bits per heavy atom. The van der Waals surface area contributed by atoms with Gasteiger partial charge in [0.2, 0.25) is 0 Å². The standard InChI is InChI=1S/C18H14IN3S/c19-16-17-15(12-23-18(16)14-9-5-2-6-10-14)20-21-22(17)11-13-7-3-1-4-8-13/h1-10H,11-12H2. The molecular formula is C18H14IN3S. The summed E-state index contributed by atoms with van der Waals surface area (Å²) in [7, 11) is 0. The molecule has 1 aromatic heterocycles. The van der Waals surface area contributed by atoms with Crippen LogP contribution < -0.4 is 0 Å². The van der Waals surface area contributed by atoms with Crippen LogP contribution in [0.5, 0.6) is 0 Å². The van der Waals surface area contributed by atoms with E-state index in [0.29, 0.717) is 0 Å². The molecule has 0 fully saturated rings. The summed E-state index contributed by atoms with van der Waals surface area (Å²) in [6.07, 6.45) is 0. The molecule has 0 N–H and O–H groups in total. The monoisotopic (exact) mass is 431 g/mol. The fourth-order valence-corrected chi connectivity index (χ4v) is 5.03. The quantitative estimate of drug-likeness (QED) is 0.557. The molecule has 1 aliphatic heterocycles. The number of halogens is 1. The maximum absolute atomic E-state index is 4.39. The molecule has 3 nitrogen and oxygen atoms in total. The largest absolute Gasteiger partial charge is 0.239 e. The smallest absolute Gasteiger partial charge is 0.101 e. The van der Waals surface area contributed by atoms with Crippen molar-refractivity contribution in [2.24, 2.45) is 0 Å². The van der Waals surface area contributed by atoms with E-state index in [1.165, 1.54) is 19.6 Å². The highest BCUT2D eigenvalue weighted by molar-refractivity contribution is 14.1.